The number of carbonyl (C=O) groups excluding carboxylic acids is 1. The molecule has 0 fully saturated rings. The lowest BCUT2D eigenvalue weighted by Crippen LogP contribution is -2.16. The number of hydrogen-bond acceptors (Lipinski definition) is 3. The Hall–Kier alpha value is -2.91. The fraction of sp³-hybridized carbons (Fsp3) is 0.158. The molecule has 1 heterocycles. The van der Waals surface area contributed by atoms with Gasteiger partial charge < -0.3 is 9.30 Å². The summed E-state index contributed by atoms with van der Waals surface area (Å²) in [6.07, 6.45) is 5.46. The van der Waals surface area contributed by atoms with Crippen LogP contribution in [0.25, 0.3) is 10.2 Å². The predicted molar refractivity (Wildman–Crippen MR) is 96.1 cm³/mol. The molecule has 0 saturated carbocycles. The van der Waals surface area contributed by atoms with Crippen LogP contribution in [0.1, 0.15) is 17.3 Å². The molecule has 3 aromatic rings. The van der Waals surface area contributed by atoms with Crippen molar-refractivity contribution in [2.75, 3.05) is 6.61 Å². The largest absolute Gasteiger partial charge is 0.494 e. The Morgan fingerprint density at radius 1 is 1.32 bits per heavy atom. The van der Waals surface area contributed by atoms with Crippen LogP contribution >= 0.6 is 11.3 Å². The van der Waals surface area contributed by atoms with Crippen LogP contribution in [0.4, 0.5) is 4.39 Å². The van der Waals surface area contributed by atoms with Gasteiger partial charge in [0.25, 0.3) is 5.91 Å². The molecule has 0 spiro atoms. The number of fused-ring (bicyclic) bond motifs is 1. The van der Waals surface area contributed by atoms with E-state index in [0.29, 0.717) is 23.5 Å². The average molecular weight is 354 g/mol. The fourth-order valence-electron chi connectivity index (χ4n) is 2.38. The van der Waals surface area contributed by atoms with E-state index in [1.165, 1.54) is 35.6 Å². The second-order valence-electron chi connectivity index (χ2n) is 5.16. The zero-order chi connectivity index (χ0) is 17.8. The maximum Gasteiger partial charge on any atom is 0.279 e. The van der Waals surface area contributed by atoms with Crippen LogP contribution in [0.15, 0.2) is 47.5 Å². The van der Waals surface area contributed by atoms with Crippen LogP contribution in [0, 0.1) is 18.2 Å². The van der Waals surface area contributed by atoms with Crippen LogP contribution in [-0.4, -0.2) is 17.1 Å². The molecule has 0 bridgehead atoms. The highest BCUT2D eigenvalue weighted by molar-refractivity contribution is 7.16. The van der Waals surface area contributed by atoms with Gasteiger partial charge in [0.15, 0.2) is 4.80 Å². The summed E-state index contributed by atoms with van der Waals surface area (Å²) in [6.45, 7) is 2.78. The van der Waals surface area contributed by atoms with Gasteiger partial charge in [-0.15, -0.1) is 6.42 Å². The first-order chi connectivity index (χ1) is 12.1. The van der Waals surface area contributed by atoms with E-state index >= 15 is 0 Å². The fourth-order valence-corrected chi connectivity index (χ4v) is 3.44. The van der Waals surface area contributed by atoms with E-state index < -0.39 is 11.7 Å². The lowest BCUT2D eigenvalue weighted by Gasteiger charge is -2.03. The van der Waals surface area contributed by atoms with E-state index in [2.05, 4.69) is 10.9 Å². The lowest BCUT2D eigenvalue weighted by atomic mass is 10.2. The van der Waals surface area contributed by atoms with Gasteiger partial charge in [-0.25, -0.2) is 4.39 Å². The summed E-state index contributed by atoms with van der Waals surface area (Å²) in [4.78, 5) is 17.0. The topological polar surface area (TPSA) is 43.6 Å². The molecule has 3 rings (SSSR count). The molecule has 2 aromatic carbocycles. The summed E-state index contributed by atoms with van der Waals surface area (Å²) < 4.78 is 21.2. The number of rotatable bonds is 4. The SMILES string of the molecule is C#CCn1c(=NC(=O)c2ccc(F)cc2)sc2cc(OCC)ccc21. The van der Waals surface area contributed by atoms with E-state index in [4.69, 9.17) is 11.2 Å². The van der Waals surface area contributed by atoms with Gasteiger partial charge in [-0.05, 0) is 49.4 Å². The van der Waals surface area contributed by atoms with E-state index in [-0.39, 0.29) is 0 Å². The number of nitrogens with zero attached hydrogens (tertiary/aromatic N) is 2. The summed E-state index contributed by atoms with van der Waals surface area (Å²) in [7, 11) is 0. The van der Waals surface area contributed by atoms with Gasteiger partial charge in [0.1, 0.15) is 11.6 Å². The molecular weight excluding hydrogens is 339 g/mol. The molecule has 6 heteroatoms. The first-order valence-electron chi connectivity index (χ1n) is 7.66. The third-order valence-electron chi connectivity index (χ3n) is 3.50. The highest BCUT2D eigenvalue weighted by Crippen LogP contribution is 2.23. The predicted octanol–water partition coefficient (Wildman–Crippen LogP) is 3.61. The van der Waals surface area contributed by atoms with Gasteiger partial charge in [0.2, 0.25) is 0 Å². The van der Waals surface area contributed by atoms with Crippen LogP contribution in [0.5, 0.6) is 5.75 Å². The molecule has 0 N–H and O–H groups in total. The number of halogens is 1. The van der Waals surface area contributed by atoms with Gasteiger partial charge >= 0.3 is 0 Å². The number of hydrogen-bond donors (Lipinski definition) is 0. The van der Waals surface area contributed by atoms with Crippen LogP contribution in [0.2, 0.25) is 0 Å². The lowest BCUT2D eigenvalue weighted by molar-refractivity contribution is 0.0998. The maximum absolute atomic E-state index is 13.0. The standard InChI is InChI=1S/C19H15FN2O2S/c1-3-11-22-16-10-9-15(24-4-2)12-17(16)25-19(22)21-18(23)13-5-7-14(20)8-6-13/h1,5-10,12H,4,11H2,2H3. The minimum Gasteiger partial charge on any atom is -0.494 e. The molecule has 0 aliphatic rings. The summed E-state index contributed by atoms with van der Waals surface area (Å²) in [6, 6.07) is 10.9. The van der Waals surface area contributed by atoms with Crippen molar-refractivity contribution < 1.29 is 13.9 Å². The monoisotopic (exact) mass is 354 g/mol. The highest BCUT2D eigenvalue weighted by atomic mass is 32.1. The molecule has 0 aliphatic heterocycles. The first-order valence-corrected chi connectivity index (χ1v) is 8.48. The van der Waals surface area contributed by atoms with Crippen molar-refractivity contribution in [3.63, 3.8) is 0 Å². The van der Waals surface area contributed by atoms with Crippen molar-refractivity contribution in [2.45, 2.75) is 13.5 Å². The molecular formula is C19H15FN2O2S. The van der Waals surface area contributed by atoms with Gasteiger partial charge in [0, 0.05) is 5.56 Å². The second-order valence-corrected chi connectivity index (χ2v) is 6.17. The summed E-state index contributed by atoms with van der Waals surface area (Å²) in [5.41, 5.74) is 1.21. The molecule has 1 aromatic heterocycles. The van der Waals surface area contributed by atoms with Crippen LogP contribution in [-0.2, 0) is 6.54 Å². The molecule has 1 amide bonds. The van der Waals surface area contributed by atoms with E-state index in [1.54, 1.807) is 4.57 Å². The summed E-state index contributed by atoms with van der Waals surface area (Å²) >= 11 is 1.36. The third kappa shape index (κ3) is 3.62. The Balaban J connectivity index is 2.10. The summed E-state index contributed by atoms with van der Waals surface area (Å²) in [5, 5.41) is 0. The molecule has 4 nitrogen and oxygen atoms in total. The summed E-state index contributed by atoms with van der Waals surface area (Å²) in [5.74, 6) is 2.49. The highest BCUT2D eigenvalue weighted by Gasteiger charge is 2.10. The zero-order valence-corrected chi connectivity index (χ0v) is 14.3. The molecule has 0 atom stereocenters. The maximum atomic E-state index is 13.0. The van der Waals surface area contributed by atoms with Crippen molar-refractivity contribution in [1.29, 1.82) is 0 Å². The minimum absolute atomic E-state index is 0.295. The number of amides is 1. The number of ether oxygens (including phenoxy) is 1. The zero-order valence-electron chi connectivity index (χ0n) is 13.5. The molecule has 0 aliphatic carbocycles. The normalized spacial score (nSPS) is 11.5. The second kappa shape index (κ2) is 7.32. The smallest absolute Gasteiger partial charge is 0.279 e. The van der Waals surface area contributed by atoms with Gasteiger partial charge in [0.05, 0.1) is 23.4 Å². The quantitative estimate of drug-likeness (QED) is 0.672. The third-order valence-corrected chi connectivity index (χ3v) is 4.54. The van der Waals surface area contributed by atoms with Crippen LogP contribution in [0.3, 0.4) is 0 Å². The van der Waals surface area contributed by atoms with Crippen molar-refractivity contribution in [3.05, 3.63) is 58.6 Å². The molecule has 25 heavy (non-hydrogen) atoms. The van der Waals surface area contributed by atoms with E-state index in [1.807, 2.05) is 25.1 Å². The van der Waals surface area contributed by atoms with Crippen molar-refractivity contribution >= 4 is 27.5 Å². The molecule has 0 radical (unpaired) electrons. The molecule has 0 saturated heterocycles. The number of thiazole rings is 1. The Bertz CT molecular complexity index is 1030. The van der Waals surface area contributed by atoms with E-state index in [9.17, 15) is 9.18 Å². The van der Waals surface area contributed by atoms with Gasteiger partial charge in [-0.2, -0.15) is 4.99 Å². The Morgan fingerprint density at radius 2 is 2.08 bits per heavy atom. The van der Waals surface area contributed by atoms with Gasteiger partial charge in [-0.3, -0.25) is 4.79 Å². The van der Waals surface area contributed by atoms with Crippen molar-refractivity contribution in [2.24, 2.45) is 4.99 Å². The Morgan fingerprint density at radius 3 is 2.76 bits per heavy atom. The molecule has 126 valence electrons. The van der Waals surface area contributed by atoms with E-state index in [0.717, 1.165) is 16.0 Å². The minimum atomic E-state index is -0.442. The number of carbonyl (C=O) groups is 1. The Labute approximate surface area is 148 Å². The van der Waals surface area contributed by atoms with Crippen molar-refractivity contribution in [3.8, 4) is 18.1 Å². The van der Waals surface area contributed by atoms with Crippen molar-refractivity contribution in [1.82, 2.24) is 4.57 Å². The Kier molecular flexibility index (Phi) is 4.96. The number of aromatic nitrogens is 1. The average Bonchev–Trinajstić information content (AvgIpc) is 2.93. The van der Waals surface area contributed by atoms with Crippen LogP contribution < -0.4 is 9.54 Å². The molecule has 0 unspecified atom stereocenters. The number of benzene rings is 2. The first kappa shape index (κ1) is 16.9. The number of terminal acetylenes is 1. The van der Waals surface area contributed by atoms with Gasteiger partial charge in [-0.1, -0.05) is 17.3 Å².